The van der Waals surface area contributed by atoms with Crippen LogP contribution in [0, 0.1) is 12.7 Å². The van der Waals surface area contributed by atoms with Crippen molar-refractivity contribution in [3.05, 3.63) is 53.5 Å². The van der Waals surface area contributed by atoms with Crippen LogP contribution in [0.15, 0.2) is 36.5 Å². The summed E-state index contributed by atoms with van der Waals surface area (Å²) in [6, 6.07) is 8.41. The van der Waals surface area contributed by atoms with Crippen LogP contribution in [-0.4, -0.2) is 11.5 Å². The number of pyridine rings is 1. The Balaban J connectivity index is 2.08. The Hall–Kier alpha value is -1.94. The summed E-state index contributed by atoms with van der Waals surface area (Å²) in [6.07, 6.45) is 1.73. The molecule has 0 bridgehead atoms. The van der Waals surface area contributed by atoms with Gasteiger partial charge in [0, 0.05) is 18.8 Å². The lowest BCUT2D eigenvalue weighted by molar-refractivity contribution is 0.426. The van der Waals surface area contributed by atoms with Crippen LogP contribution in [0.5, 0.6) is 11.6 Å². The van der Waals surface area contributed by atoms with Crippen molar-refractivity contribution in [1.29, 1.82) is 0 Å². The molecule has 100 valence electrons. The van der Waals surface area contributed by atoms with E-state index in [-0.39, 0.29) is 11.6 Å². The molecule has 0 spiro atoms. The SMILES string of the molecule is CCNCc1ccc(Oc2cc(C)ccc2F)nc1. The van der Waals surface area contributed by atoms with E-state index in [0.29, 0.717) is 5.88 Å². The molecular formula is C15H17FN2O. The maximum Gasteiger partial charge on any atom is 0.219 e. The first-order chi connectivity index (χ1) is 9.19. The molecule has 0 aliphatic rings. The smallest absolute Gasteiger partial charge is 0.219 e. The minimum absolute atomic E-state index is 0.201. The summed E-state index contributed by atoms with van der Waals surface area (Å²) in [5.41, 5.74) is 2.01. The molecule has 1 heterocycles. The number of nitrogens with zero attached hydrogens (tertiary/aromatic N) is 1. The standard InChI is InChI=1S/C15H17FN2O/c1-3-17-9-12-5-7-15(18-10-12)19-14-8-11(2)4-6-13(14)16/h4-8,10,17H,3,9H2,1-2H3. The molecule has 0 radical (unpaired) electrons. The Kier molecular flexibility index (Phi) is 4.47. The zero-order chi connectivity index (χ0) is 13.7. The van der Waals surface area contributed by atoms with E-state index in [1.54, 1.807) is 24.4 Å². The van der Waals surface area contributed by atoms with Crippen molar-refractivity contribution >= 4 is 0 Å². The van der Waals surface area contributed by atoms with Crippen molar-refractivity contribution in [3.8, 4) is 11.6 Å². The van der Waals surface area contributed by atoms with E-state index >= 15 is 0 Å². The maximum atomic E-state index is 13.5. The lowest BCUT2D eigenvalue weighted by Crippen LogP contribution is -2.11. The zero-order valence-electron chi connectivity index (χ0n) is 11.1. The fourth-order valence-corrected chi connectivity index (χ4v) is 1.65. The third-order valence-corrected chi connectivity index (χ3v) is 2.68. The van der Waals surface area contributed by atoms with E-state index in [1.165, 1.54) is 6.07 Å². The van der Waals surface area contributed by atoms with E-state index < -0.39 is 0 Å². The van der Waals surface area contributed by atoms with Crippen molar-refractivity contribution in [3.63, 3.8) is 0 Å². The van der Waals surface area contributed by atoms with E-state index in [9.17, 15) is 4.39 Å². The van der Waals surface area contributed by atoms with E-state index in [0.717, 1.165) is 24.2 Å². The second-order valence-electron chi connectivity index (χ2n) is 4.32. The average molecular weight is 260 g/mol. The molecule has 1 aromatic carbocycles. The Morgan fingerprint density at radius 2 is 2.11 bits per heavy atom. The third kappa shape index (κ3) is 3.76. The summed E-state index contributed by atoms with van der Waals surface area (Å²) in [5, 5.41) is 3.21. The monoisotopic (exact) mass is 260 g/mol. The summed E-state index contributed by atoms with van der Waals surface area (Å²) in [6.45, 7) is 5.61. The zero-order valence-corrected chi connectivity index (χ0v) is 11.1. The van der Waals surface area contributed by atoms with Crippen LogP contribution < -0.4 is 10.1 Å². The quantitative estimate of drug-likeness (QED) is 0.894. The first-order valence-corrected chi connectivity index (χ1v) is 6.28. The van der Waals surface area contributed by atoms with Crippen LogP contribution in [-0.2, 0) is 6.54 Å². The topological polar surface area (TPSA) is 34.1 Å². The van der Waals surface area contributed by atoms with E-state index in [4.69, 9.17) is 4.74 Å². The molecule has 1 N–H and O–H groups in total. The summed E-state index contributed by atoms with van der Waals surface area (Å²) in [4.78, 5) is 4.17. The molecule has 0 aliphatic carbocycles. The van der Waals surface area contributed by atoms with Crippen LogP contribution >= 0.6 is 0 Å². The van der Waals surface area contributed by atoms with Gasteiger partial charge in [-0.1, -0.05) is 19.1 Å². The van der Waals surface area contributed by atoms with Gasteiger partial charge in [0.1, 0.15) is 0 Å². The molecule has 0 unspecified atom stereocenters. The highest BCUT2D eigenvalue weighted by molar-refractivity contribution is 5.32. The fourth-order valence-electron chi connectivity index (χ4n) is 1.65. The molecule has 19 heavy (non-hydrogen) atoms. The summed E-state index contributed by atoms with van der Waals surface area (Å²) in [5.74, 6) is 0.209. The Morgan fingerprint density at radius 3 is 2.79 bits per heavy atom. The van der Waals surface area contributed by atoms with Gasteiger partial charge >= 0.3 is 0 Å². The van der Waals surface area contributed by atoms with Crippen LogP contribution in [0.3, 0.4) is 0 Å². The first-order valence-electron chi connectivity index (χ1n) is 6.28. The number of benzene rings is 1. The van der Waals surface area contributed by atoms with Gasteiger partial charge in [-0.05, 0) is 36.7 Å². The van der Waals surface area contributed by atoms with Gasteiger partial charge in [0.25, 0.3) is 0 Å². The van der Waals surface area contributed by atoms with Crippen LogP contribution in [0.2, 0.25) is 0 Å². The molecular weight excluding hydrogens is 243 g/mol. The summed E-state index contributed by atoms with van der Waals surface area (Å²) < 4.78 is 19.0. The Morgan fingerprint density at radius 1 is 1.26 bits per heavy atom. The number of nitrogens with one attached hydrogen (secondary N) is 1. The number of rotatable bonds is 5. The Labute approximate surface area is 112 Å². The van der Waals surface area contributed by atoms with Gasteiger partial charge in [0.2, 0.25) is 5.88 Å². The highest BCUT2D eigenvalue weighted by atomic mass is 19.1. The molecule has 4 heteroatoms. The normalized spacial score (nSPS) is 10.5. The minimum atomic E-state index is -0.385. The first kappa shape index (κ1) is 13.5. The molecule has 0 atom stereocenters. The molecule has 0 aliphatic heterocycles. The van der Waals surface area contributed by atoms with Crippen molar-refractivity contribution in [2.24, 2.45) is 0 Å². The number of halogens is 1. The van der Waals surface area contributed by atoms with Gasteiger partial charge in [0.15, 0.2) is 11.6 Å². The van der Waals surface area contributed by atoms with Crippen molar-refractivity contribution < 1.29 is 9.13 Å². The minimum Gasteiger partial charge on any atom is -0.436 e. The highest BCUT2D eigenvalue weighted by Gasteiger charge is 2.05. The van der Waals surface area contributed by atoms with Gasteiger partial charge in [-0.3, -0.25) is 0 Å². The second kappa shape index (κ2) is 6.29. The highest BCUT2D eigenvalue weighted by Crippen LogP contribution is 2.23. The van der Waals surface area contributed by atoms with E-state index in [2.05, 4.69) is 10.3 Å². The lowest BCUT2D eigenvalue weighted by atomic mass is 10.2. The molecule has 0 amide bonds. The molecule has 3 nitrogen and oxygen atoms in total. The largest absolute Gasteiger partial charge is 0.436 e. The third-order valence-electron chi connectivity index (χ3n) is 2.68. The molecule has 2 rings (SSSR count). The molecule has 0 saturated heterocycles. The van der Waals surface area contributed by atoms with Gasteiger partial charge in [-0.2, -0.15) is 0 Å². The number of ether oxygens (including phenoxy) is 1. The fraction of sp³-hybridized carbons (Fsp3) is 0.267. The van der Waals surface area contributed by atoms with Gasteiger partial charge < -0.3 is 10.1 Å². The van der Waals surface area contributed by atoms with Gasteiger partial charge in [-0.25, -0.2) is 9.37 Å². The van der Waals surface area contributed by atoms with Crippen LogP contribution in [0.25, 0.3) is 0 Å². The Bertz CT molecular complexity index is 540. The average Bonchev–Trinajstić information content (AvgIpc) is 2.42. The predicted molar refractivity (Wildman–Crippen MR) is 72.8 cm³/mol. The van der Waals surface area contributed by atoms with Crippen molar-refractivity contribution in [2.45, 2.75) is 20.4 Å². The van der Waals surface area contributed by atoms with E-state index in [1.807, 2.05) is 19.9 Å². The molecule has 0 fully saturated rings. The number of hydrogen-bond donors (Lipinski definition) is 1. The van der Waals surface area contributed by atoms with Gasteiger partial charge in [0.05, 0.1) is 0 Å². The van der Waals surface area contributed by atoms with Crippen LogP contribution in [0.4, 0.5) is 4.39 Å². The van der Waals surface area contributed by atoms with Crippen molar-refractivity contribution in [1.82, 2.24) is 10.3 Å². The van der Waals surface area contributed by atoms with Crippen LogP contribution in [0.1, 0.15) is 18.1 Å². The number of aromatic nitrogens is 1. The maximum absolute atomic E-state index is 13.5. The summed E-state index contributed by atoms with van der Waals surface area (Å²) in [7, 11) is 0. The number of aryl methyl sites for hydroxylation is 1. The summed E-state index contributed by atoms with van der Waals surface area (Å²) >= 11 is 0. The number of hydrogen-bond acceptors (Lipinski definition) is 3. The predicted octanol–water partition coefficient (Wildman–Crippen LogP) is 3.43. The molecule has 0 saturated carbocycles. The molecule has 1 aromatic heterocycles. The lowest BCUT2D eigenvalue weighted by Gasteiger charge is -2.07. The van der Waals surface area contributed by atoms with Crippen molar-refractivity contribution in [2.75, 3.05) is 6.54 Å². The molecule has 2 aromatic rings. The second-order valence-corrected chi connectivity index (χ2v) is 4.32. The van der Waals surface area contributed by atoms with Gasteiger partial charge in [-0.15, -0.1) is 0 Å².